The van der Waals surface area contributed by atoms with Gasteiger partial charge in [0.1, 0.15) is 5.01 Å². The standard InChI is InChI=1S/C20H29N5S/c1-4-5-6-7-8-9-16-10-12-17(13-11-16)19-23-14(2)18(26-19)15(3)24-25-20(21)22/h10-13H,4-9H2,1-3H3,(H4,21,22,25)/b24-15+. The molecule has 6 heteroatoms. The highest BCUT2D eigenvalue weighted by Gasteiger charge is 2.12. The number of nitrogens with zero attached hydrogens (tertiary/aromatic N) is 2. The normalized spacial score (nSPS) is 11.6. The molecule has 0 atom stereocenters. The van der Waals surface area contributed by atoms with Crippen LogP contribution in [0, 0.1) is 12.3 Å². The summed E-state index contributed by atoms with van der Waals surface area (Å²) in [5.41, 5.74) is 12.0. The maximum atomic E-state index is 7.19. The van der Waals surface area contributed by atoms with Gasteiger partial charge in [0.2, 0.25) is 5.96 Å². The third kappa shape index (κ3) is 5.95. The van der Waals surface area contributed by atoms with E-state index < -0.39 is 0 Å². The number of thiazole rings is 1. The zero-order valence-electron chi connectivity index (χ0n) is 15.9. The van der Waals surface area contributed by atoms with Crippen LogP contribution in [0.25, 0.3) is 10.6 Å². The van der Waals surface area contributed by atoms with Gasteiger partial charge < -0.3 is 5.73 Å². The molecule has 2 rings (SSSR count). The molecule has 5 nitrogen and oxygen atoms in total. The second-order valence-corrected chi connectivity index (χ2v) is 7.52. The minimum Gasteiger partial charge on any atom is -0.369 e. The molecule has 0 aliphatic heterocycles. The summed E-state index contributed by atoms with van der Waals surface area (Å²) in [5, 5.41) is 12.3. The first-order valence-electron chi connectivity index (χ1n) is 9.22. The fraction of sp³-hybridized carbons (Fsp3) is 0.450. The second-order valence-electron chi connectivity index (χ2n) is 6.52. The van der Waals surface area contributed by atoms with E-state index >= 15 is 0 Å². The van der Waals surface area contributed by atoms with Crippen LogP contribution in [0.3, 0.4) is 0 Å². The smallest absolute Gasteiger partial charge is 0.206 e. The summed E-state index contributed by atoms with van der Waals surface area (Å²) >= 11 is 1.61. The molecule has 2 aromatic rings. The Morgan fingerprint density at radius 3 is 2.54 bits per heavy atom. The molecule has 0 unspecified atom stereocenters. The Hall–Kier alpha value is -2.21. The summed E-state index contributed by atoms with van der Waals surface area (Å²) in [6.45, 7) is 6.12. The third-order valence-electron chi connectivity index (χ3n) is 4.24. The Kier molecular flexibility index (Phi) is 7.78. The average molecular weight is 372 g/mol. The van der Waals surface area contributed by atoms with Gasteiger partial charge in [-0.3, -0.25) is 5.41 Å². The van der Waals surface area contributed by atoms with Gasteiger partial charge in [-0.25, -0.2) is 10.4 Å². The molecule has 0 amide bonds. The monoisotopic (exact) mass is 371 g/mol. The molecule has 1 aromatic heterocycles. The highest BCUT2D eigenvalue weighted by molar-refractivity contribution is 7.17. The lowest BCUT2D eigenvalue weighted by atomic mass is 10.0. The van der Waals surface area contributed by atoms with Gasteiger partial charge in [-0.05, 0) is 32.3 Å². The summed E-state index contributed by atoms with van der Waals surface area (Å²) in [6.07, 6.45) is 7.70. The average Bonchev–Trinajstić information content (AvgIpc) is 3.02. The number of nitrogens with two attached hydrogens (primary N) is 1. The fourth-order valence-corrected chi connectivity index (χ4v) is 3.81. The Labute approximate surface area is 160 Å². The van der Waals surface area contributed by atoms with E-state index in [4.69, 9.17) is 11.1 Å². The summed E-state index contributed by atoms with van der Waals surface area (Å²) in [4.78, 5) is 5.69. The number of benzene rings is 1. The molecule has 0 aliphatic carbocycles. The molecule has 0 fully saturated rings. The van der Waals surface area contributed by atoms with Gasteiger partial charge in [0, 0.05) is 5.56 Å². The Balaban J connectivity index is 2.02. The second kappa shape index (κ2) is 10.1. The van der Waals surface area contributed by atoms with E-state index in [-0.39, 0.29) is 5.96 Å². The van der Waals surface area contributed by atoms with Crippen LogP contribution in [-0.4, -0.2) is 16.7 Å². The predicted molar refractivity (Wildman–Crippen MR) is 112 cm³/mol. The Morgan fingerprint density at radius 2 is 1.88 bits per heavy atom. The van der Waals surface area contributed by atoms with Gasteiger partial charge in [-0.15, -0.1) is 11.3 Å². The molecule has 140 valence electrons. The molecular weight excluding hydrogens is 342 g/mol. The molecular formula is C20H29N5S. The highest BCUT2D eigenvalue weighted by atomic mass is 32.1. The summed E-state index contributed by atoms with van der Waals surface area (Å²) in [7, 11) is 0. The Morgan fingerprint density at radius 1 is 1.19 bits per heavy atom. The lowest BCUT2D eigenvalue weighted by Crippen LogP contribution is -2.26. The van der Waals surface area contributed by atoms with Gasteiger partial charge in [0.15, 0.2) is 0 Å². The minimum atomic E-state index is -0.169. The van der Waals surface area contributed by atoms with Crippen molar-refractivity contribution < 1.29 is 0 Å². The quantitative estimate of drug-likeness (QED) is 0.255. The molecule has 1 aromatic carbocycles. The van der Waals surface area contributed by atoms with E-state index in [2.05, 4.69) is 46.7 Å². The first-order valence-corrected chi connectivity index (χ1v) is 10.0. The van der Waals surface area contributed by atoms with Gasteiger partial charge in [-0.2, -0.15) is 5.10 Å². The molecule has 4 N–H and O–H groups in total. The maximum Gasteiger partial charge on any atom is 0.206 e. The first kappa shape index (κ1) is 20.1. The van der Waals surface area contributed by atoms with Crippen LogP contribution in [0.4, 0.5) is 0 Å². The Bertz CT molecular complexity index is 746. The van der Waals surface area contributed by atoms with Crippen LogP contribution in [0.15, 0.2) is 29.4 Å². The van der Waals surface area contributed by atoms with E-state index in [1.54, 1.807) is 11.3 Å². The van der Waals surface area contributed by atoms with Gasteiger partial charge in [-0.1, -0.05) is 56.9 Å². The van der Waals surface area contributed by atoms with Crippen molar-refractivity contribution in [3.05, 3.63) is 40.4 Å². The molecule has 0 radical (unpaired) electrons. The summed E-state index contributed by atoms with van der Waals surface area (Å²) < 4.78 is 0. The van der Waals surface area contributed by atoms with Crippen LogP contribution in [0.2, 0.25) is 0 Å². The number of hydrazone groups is 1. The van der Waals surface area contributed by atoms with Crippen LogP contribution >= 0.6 is 11.3 Å². The number of unbranched alkanes of at least 4 members (excludes halogenated alkanes) is 4. The van der Waals surface area contributed by atoms with Crippen molar-refractivity contribution >= 4 is 23.0 Å². The van der Waals surface area contributed by atoms with Crippen molar-refractivity contribution in [1.82, 2.24) is 10.4 Å². The molecule has 26 heavy (non-hydrogen) atoms. The molecule has 0 saturated carbocycles. The number of guanidine groups is 1. The fourth-order valence-electron chi connectivity index (χ4n) is 2.80. The minimum absolute atomic E-state index is 0.169. The summed E-state index contributed by atoms with van der Waals surface area (Å²) in [6, 6.07) is 8.74. The zero-order chi connectivity index (χ0) is 18.9. The van der Waals surface area contributed by atoms with E-state index in [0.717, 1.165) is 33.3 Å². The van der Waals surface area contributed by atoms with Crippen molar-refractivity contribution in [3.8, 4) is 10.6 Å². The molecule has 0 bridgehead atoms. The number of aromatic nitrogens is 1. The SMILES string of the molecule is CCCCCCCc1ccc(-c2nc(C)c(/C(C)=N/NC(=N)N)s2)cc1. The molecule has 0 saturated heterocycles. The van der Waals surface area contributed by atoms with Crippen molar-refractivity contribution in [2.24, 2.45) is 10.8 Å². The molecule has 0 spiro atoms. The summed E-state index contributed by atoms with van der Waals surface area (Å²) in [5.74, 6) is -0.169. The number of hydrogen-bond donors (Lipinski definition) is 3. The number of aryl methyl sites for hydroxylation is 2. The van der Waals surface area contributed by atoms with Gasteiger partial charge in [0.25, 0.3) is 0 Å². The van der Waals surface area contributed by atoms with Gasteiger partial charge in [0.05, 0.1) is 16.3 Å². The first-order chi connectivity index (χ1) is 12.5. The molecule has 1 heterocycles. The highest BCUT2D eigenvalue weighted by Crippen LogP contribution is 2.28. The van der Waals surface area contributed by atoms with Crippen molar-refractivity contribution in [2.45, 2.75) is 59.3 Å². The van der Waals surface area contributed by atoms with Crippen molar-refractivity contribution in [1.29, 1.82) is 5.41 Å². The lowest BCUT2D eigenvalue weighted by molar-refractivity contribution is 0.632. The van der Waals surface area contributed by atoms with Crippen LogP contribution < -0.4 is 11.2 Å². The topological polar surface area (TPSA) is 87.2 Å². The maximum absolute atomic E-state index is 7.19. The van der Waals surface area contributed by atoms with E-state index in [9.17, 15) is 0 Å². The largest absolute Gasteiger partial charge is 0.369 e. The third-order valence-corrected chi connectivity index (χ3v) is 5.55. The van der Waals surface area contributed by atoms with E-state index in [0.29, 0.717) is 0 Å². The van der Waals surface area contributed by atoms with Crippen LogP contribution in [0.1, 0.15) is 62.1 Å². The molecule has 0 aliphatic rings. The number of rotatable bonds is 9. The number of hydrogen-bond acceptors (Lipinski definition) is 4. The lowest BCUT2D eigenvalue weighted by Gasteiger charge is -2.03. The van der Waals surface area contributed by atoms with Crippen molar-refractivity contribution in [3.63, 3.8) is 0 Å². The zero-order valence-corrected chi connectivity index (χ0v) is 16.7. The predicted octanol–water partition coefficient (Wildman–Crippen LogP) is 4.84. The van der Waals surface area contributed by atoms with E-state index in [1.165, 1.54) is 37.7 Å². The van der Waals surface area contributed by atoms with Crippen molar-refractivity contribution in [2.75, 3.05) is 0 Å². The van der Waals surface area contributed by atoms with Crippen LogP contribution in [-0.2, 0) is 6.42 Å². The number of nitrogens with one attached hydrogen (secondary N) is 2. The van der Waals surface area contributed by atoms with Gasteiger partial charge >= 0.3 is 0 Å². The van der Waals surface area contributed by atoms with E-state index in [1.807, 2.05) is 13.8 Å². The van der Waals surface area contributed by atoms with Crippen LogP contribution in [0.5, 0.6) is 0 Å².